The lowest BCUT2D eigenvalue weighted by molar-refractivity contribution is -0.115. The van der Waals surface area contributed by atoms with Gasteiger partial charge in [-0.2, -0.15) is 0 Å². The molecule has 0 radical (unpaired) electrons. The van der Waals surface area contributed by atoms with Crippen molar-refractivity contribution < 1.29 is 27.2 Å². The smallest absolute Gasteiger partial charge is 0.287 e. The van der Waals surface area contributed by atoms with Gasteiger partial charge in [-0.15, -0.1) is 0 Å². The van der Waals surface area contributed by atoms with Gasteiger partial charge in [0.25, 0.3) is 15.9 Å². The van der Waals surface area contributed by atoms with Gasteiger partial charge in [0, 0.05) is 5.69 Å². The highest BCUT2D eigenvalue weighted by molar-refractivity contribution is 7.92. The second-order valence-electron chi connectivity index (χ2n) is 6.16. The van der Waals surface area contributed by atoms with Gasteiger partial charge in [0.2, 0.25) is 5.91 Å². The summed E-state index contributed by atoms with van der Waals surface area (Å²) in [6, 6.07) is 13.5. The van der Waals surface area contributed by atoms with Gasteiger partial charge >= 0.3 is 0 Å². The van der Waals surface area contributed by atoms with E-state index in [1.54, 1.807) is 24.3 Å². The fourth-order valence-corrected chi connectivity index (χ4v) is 4.08. The number of carbonyl (C=O) groups excluding carboxylic acids is 2. The van der Waals surface area contributed by atoms with Crippen LogP contribution in [0.1, 0.15) is 10.6 Å². The van der Waals surface area contributed by atoms with Gasteiger partial charge in [-0.1, -0.05) is 23.7 Å². The number of carbonyl (C=O) groups is 2. The zero-order valence-electron chi connectivity index (χ0n) is 16.2. The predicted molar refractivity (Wildman–Crippen MR) is 115 cm³/mol. The van der Waals surface area contributed by atoms with Crippen molar-refractivity contribution in [2.24, 2.45) is 0 Å². The van der Waals surface area contributed by atoms with Gasteiger partial charge in [0.05, 0.1) is 30.6 Å². The lowest BCUT2D eigenvalue weighted by atomic mass is 10.3. The minimum absolute atomic E-state index is 0.0660. The molecule has 3 N–H and O–H groups in total. The summed E-state index contributed by atoms with van der Waals surface area (Å²) >= 11 is 6.03. The van der Waals surface area contributed by atoms with Gasteiger partial charge < -0.3 is 19.8 Å². The molecule has 0 spiro atoms. The highest BCUT2D eigenvalue weighted by Gasteiger charge is 2.22. The van der Waals surface area contributed by atoms with Crippen LogP contribution in [0.2, 0.25) is 5.02 Å². The molecule has 1 aromatic heterocycles. The molecule has 0 unspecified atom stereocenters. The molecule has 0 saturated heterocycles. The summed E-state index contributed by atoms with van der Waals surface area (Å²) in [6.45, 7) is -0.342. The number of rotatable bonds is 8. The summed E-state index contributed by atoms with van der Waals surface area (Å²) in [4.78, 5) is 23.8. The van der Waals surface area contributed by atoms with Gasteiger partial charge in [0.1, 0.15) is 10.6 Å². The third-order valence-corrected chi connectivity index (χ3v) is 5.73. The fraction of sp³-hybridized carbons (Fsp3) is 0.100. The average Bonchev–Trinajstić information content (AvgIpc) is 3.28. The van der Waals surface area contributed by atoms with Crippen LogP contribution in [0, 0.1) is 0 Å². The Balaban J connectivity index is 1.74. The number of para-hydroxylation sites is 1. The summed E-state index contributed by atoms with van der Waals surface area (Å²) < 4.78 is 38.3. The van der Waals surface area contributed by atoms with E-state index in [-0.39, 0.29) is 39.3 Å². The summed E-state index contributed by atoms with van der Waals surface area (Å²) in [5.74, 6) is -0.977. The Labute approximate surface area is 183 Å². The van der Waals surface area contributed by atoms with Crippen LogP contribution in [-0.2, 0) is 14.8 Å². The number of benzene rings is 2. The average molecular weight is 464 g/mol. The third kappa shape index (κ3) is 5.56. The van der Waals surface area contributed by atoms with Crippen LogP contribution in [0.25, 0.3) is 0 Å². The van der Waals surface area contributed by atoms with Crippen molar-refractivity contribution in [3.05, 3.63) is 71.6 Å². The number of methoxy groups -OCH3 is 1. The van der Waals surface area contributed by atoms with Crippen LogP contribution in [0.4, 0.5) is 11.4 Å². The molecule has 31 heavy (non-hydrogen) atoms. The molecule has 1 heterocycles. The molecule has 0 atom stereocenters. The first kappa shape index (κ1) is 22.2. The number of anilines is 2. The van der Waals surface area contributed by atoms with Crippen LogP contribution < -0.4 is 20.1 Å². The predicted octanol–water partition coefficient (Wildman–Crippen LogP) is 3.11. The molecule has 0 aliphatic rings. The first-order chi connectivity index (χ1) is 14.8. The van der Waals surface area contributed by atoms with Gasteiger partial charge in [-0.05, 0) is 42.5 Å². The number of amides is 2. The first-order valence-electron chi connectivity index (χ1n) is 8.87. The Morgan fingerprint density at radius 2 is 1.87 bits per heavy atom. The molecule has 0 aliphatic heterocycles. The zero-order chi connectivity index (χ0) is 22.4. The van der Waals surface area contributed by atoms with Crippen LogP contribution in [0.3, 0.4) is 0 Å². The maximum Gasteiger partial charge on any atom is 0.287 e. The molecule has 0 bridgehead atoms. The van der Waals surface area contributed by atoms with Gasteiger partial charge in [-0.3, -0.25) is 14.3 Å². The molecular formula is C20H18ClN3O6S. The molecule has 3 aromatic rings. The highest BCUT2D eigenvalue weighted by Crippen LogP contribution is 2.30. The number of sulfonamides is 1. The normalized spacial score (nSPS) is 10.9. The molecule has 0 saturated carbocycles. The molecule has 2 amide bonds. The van der Waals surface area contributed by atoms with E-state index in [0.29, 0.717) is 0 Å². The Hall–Kier alpha value is -3.50. The minimum Gasteiger partial charge on any atom is -0.495 e. The highest BCUT2D eigenvalue weighted by atomic mass is 35.5. The summed E-state index contributed by atoms with van der Waals surface area (Å²) in [7, 11) is -2.76. The topological polar surface area (TPSA) is 127 Å². The maximum atomic E-state index is 12.9. The molecule has 0 aliphatic carbocycles. The minimum atomic E-state index is -4.09. The van der Waals surface area contributed by atoms with E-state index in [0.717, 1.165) is 0 Å². The van der Waals surface area contributed by atoms with Gasteiger partial charge in [0.15, 0.2) is 5.76 Å². The van der Waals surface area contributed by atoms with E-state index >= 15 is 0 Å². The summed E-state index contributed by atoms with van der Waals surface area (Å²) in [5, 5.41) is 5.14. The van der Waals surface area contributed by atoms with Crippen molar-refractivity contribution in [2.45, 2.75) is 4.90 Å². The summed E-state index contributed by atoms with van der Waals surface area (Å²) in [6.07, 6.45) is 1.34. The molecular weight excluding hydrogens is 446 g/mol. The lowest BCUT2D eigenvalue weighted by Gasteiger charge is -2.14. The number of ether oxygens (including phenoxy) is 1. The monoisotopic (exact) mass is 463 g/mol. The van der Waals surface area contributed by atoms with Crippen LogP contribution in [0.15, 0.2) is 70.2 Å². The SMILES string of the molecule is COc1ccc(NC(=O)CNC(=O)c2ccco2)cc1S(=O)(=O)Nc1ccccc1Cl. The van der Waals surface area contributed by atoms with E-state index in [4.69, 9.17) is 20.8 Å². The lowest BCUT2D eigenvalue weighted by Crippen LogP contribution is -2.32. The van der Waals surface area contributed by atoms with Crippen molar-refractivity contribution in [2.75, 3.05) is 23.7 Å². The molecule has 162 valence electrons. The fourth-order valence-electron chi connectivity index (χ4n) is 2.57. The molecule has 2 aromatic carbocycles. The van der Waals surface area contributed by atoms with Crippen molar-refractivity contribution in [3.8, 4) is 5.75 Å². The maximum absolute atomic E-state index is 12.9. The number of hydrogen-bond acceptors (Lipinski definition) is 6. The Bertz CT molecular complexity index is 1200. The second kappa shape index (κ2) is 9.54. The molecule has 0 fully saturated rings. The Morgan fingerprint density at radius 3 is 2.55 bits per heavy atom. The van der Waals surface area contributed by atoms with Crippen molar-refractivity contribution in [1.29, 1.82) is 0 Å². The zero-order valence-corrected chi connectivity index (χ0v) is 17.8. The van der Waals surface area contributed by atoms with E-state index in [2.05, 4.69) is 15.4 Å². The van der Waals surface area contributed by atoms with Crippen molar-refractivity contribution in [1.82, 2.24) is 5.32 Å². The number of nitrogens with one attached hydrogen (secondary N) is 3. The largest absolute Gasteiger partial charge is 0.495 e. The number of hydrogen-bond donors (Lipinski definition) is 3. The Kier molecular flexibility index (Phi) is 6.83. The third-order valence-electron chi connectivity index (χ3n) is 4.01. The quantitative estimate of drug-likeness (QED) is 0.471. The molecule has 3 rings (SSSR count). The van der Waals surface area contributed by atoms with Crippen molar-refractivity contribution >= 4 is 44.8 Å². The van der Waals surface area contributed by atoms with Crippen molar-refractivity contribution in [3.63, 3.8) is 0 Å². The number of furan rings is 1. The van der Waals surface area contributed by atoms with E-state index in [1.165, 1.54) is 43.7 Å². The second-order valence-corrected chi connectivity index (χ2v) is 8.22. The van der Waals surface area contributed by atoms with E-state index < -0.39 is 21.8 Å². The van der Waals surface area contributed by atoms with E-state index in [9.17, 15) is 18.0 Å². The van der Waals surface area contributed by atoms with E-state index in [1.807, 2.05) is 0 Å². The molecule has 9 nitrogen and oxygen atoms in total. The van der Waals surface area contributed by atoms with Crippen LogP contribution >= 0.6 is 11.6 Å². The molecule has 11 heteroatoms. The number of halogens is 1. The van der Waals surface area contributed by atoms with Gasteiger partial charge in [-0.25, -0.2) is 8.42 Å². The Morgan fingerprint density at radius 1 is 1.10 bits per heavy atom. The van der Waals surface area contributed by atoms with Crippen LogP contribution in [0.5, 0.6) is 5.75 Å². The summed E-state index contributed by atoms with van der Waals surface area (Å²) in [5.41, 5.74) is 0.388. The standard InChI is InChI=1S/C20H18ClN3O6S/c1-29-16-9-8-13(23-19(25)12-22-20(26)17-7-4-10-30-17)11-18(16)31(27,28)24-15-6-3-2-5-14(15)21/h2-11,24H,12H2,1H3,(H,22,26)(H,23,25). The first-order valence-corrected chi connectivity index (χ1v) is 10.7. The van der Waals surface area contributed by atoms with Crippen LogP contribution in [-0.4, -0.2) is 33.9 Å².